The lowest BCUT2D eigenvalue weighted by Crippen LogP contribution is -2.01. The maximum absolute atomic E-state index is 10.5. The topological polar surface area (TPSA) is 52.2 Å². The first kappa shape index (κ1) is 13.5. The molecule has 0 fully saturated rings. The Morgan fingerprint density at radius 2 is 1.42 bits per heavy atom. The molecule has 0 aliphatic carbocycles. The largest absolute Gasteiger partial charge is 0.755 e. The number of benzene rings is 2. The summed E-state index contributed by atoms with van der Waals surface area (Å²) in [5.74, 6) is 0. The first-order valence-electron chi connectivity index (χ1n) is 5.84. The molecule has 1 unspecified atom stereocenters. The molecular formula is C15H14NO2S-. The van der Waals surface area contributed by atoms with Gasteiger partial charge in [0.1, 0.15) is 0 Å². The van der Waals surface area contributed by atoms with Gasteiger partial charge in [-0.1, -0.05) is 54.1 Å². The third-order valence-electron chi connectivity index (χ3n) is 2.66. The van der Waals surface area contributed by atoms with Gasteiger partial charge >= 0.3 is 0 Å². The van der Waals surface area contributed by atoms with Crippen LogP contribution in [0.4, 0.5) is 5.69 Å². The monoisotopic (exact) mass is 272 g/mol. The number of hydrogen-bond donors (Lipinski definition) is 1. The lowest BCUT2D eigenvalue weighted by atomic mass is 10.1. The molecule has 98 valence electrons. The molecule has 4 heteroatoms. The molecule has 0 amide bonds. The summed E-state index contributed by atoms with van der Waals surface area (Å²) in [5, 5.41) is 0. The molecule has 3 nitrogen and oxygen atoms in total. The molecule has 1 atom stereocenters. The zero-order valence-corrected chi connectivity index (χ0v) is 11.3. The molecule has 2 aromatic rings. The van der Waals surface area contributed by atoms with E-state index in [9.17, 15) is 8.76 Å². The molecule has 0 heterocycles. The van der Waals surface area contributed by atoms with Crippen LogP contribution in [0.2, 0.25) is 0 Å². The van der Waals surface area contributed by atoms with Crippen LogP contribution in [0.25, 0.3) is 12.2 Å². The second-order valence-corrected chi connectivity index (χ2v) is 4.88. The van der Waals surface area contributed by atoms with Crippen molar-refractivity contribution in [2.24, 2.45) is 0 Å². The SMILES string of the molecule is Cc1ccc(C=Cc2ccc(NS(=O)[O-])cc2)cc1. The minimum absolute atomic E-state index is 0.556. The van der Waals surface area contributed by atoms with Crippen molar-refractivity contribution in [2.75, 3.05) is 4.72 Å². The summed E-state index contributed by atoms with van der Waals surface area (Å²) in [7, 11) is 0. The number of rotatable bonds is 4. The maximum Gasteiger partial charge on any atom is 0.0452 e. The smallest absolute Gasteiger partial charge is 0.0452 e. The predicted molar refractivity (Wildman–Crippen MR) is 79.1 cm³/mol. The van der Waals surface area contributed by atoms with Crippen LogP contribution in [0.1, 0.15) is 16.7 Å². The zero-order chi connectivity index (χ0) is 13.7. The van der Waals surface area contributed by atoms with E-state index in [0.717, 1.165) is 11.1 Å². The van der Waals surface area contributed by atoms with Gasteiger partial charge in [0.25, 0.3) is 0 Å². The molecule has 2 aromatic carbocycles. The van der Waals surface area contributed by atoms with E-state index in [1.165, 1.54) is 5.56 Å². The Labute approximate surface area is 115 Å². The van der Waals surface area contributed by atoms with Gasteiger partial charge in [-0.2, -0.15) is 0 Å². The Hall–Kier alpha value is -1.91. The summed E-state index contributed by atoms with van der Waals surface area (Å²) >= 11 is -2.28. The first-order chi connectivity index (χ1) is 9.13. The van der Waals surface area contributed by atoms with Crippen LogP contribution in [0.3, 0.4) is 0 Å². The van der Waals surface area contributed by atoms with Crippen molar-refractivity contribution in [2.45, 2.75) is 6.92 Å². The Kier molecular flexibility index (Phi) is 4.49. The summed E-state index contributed by atoms with van der Waals surface area (Å²) < 4.78 is 23.2. The summed E-state index contributed by atoms with van der Waals surface area (Å²) in [6, 6.07) is 15.4. The van der Waals surface area contributed by atoms with Crippen molar-refractivity contribution in [1.82, 2.24) is 0 Å². The Bertz CT molecular complexity index is 589. The number of aryl methyl sites for hydroxylation is 1. The van der Waals surface area contributed by atoms with Crippen LogP contribution < -0.4 is 4.72 Å². The lowest BCUT2D eigenvalue weighted by molar-refractivity contribution is 0.542. The molecule has 2 rings (SSSR count). The Balaban J connectivity index is 2.06. The van der Waals surface area contributed by atoms with E-state index in [4.69, 9.17) is 0 Å². The number of nitrogens with one attached hydrogen (secondary N) is 1. The first-order valence-corrected chi connectivity index (χ1v) is 6.92. The fourth-order valence-electron chi connectivity index (χ4n) is 1.63. The van der Waals surface area contributed by atoms with Gasteiger partial charge in [-0.05, 0) is 30.2 Å². The van der Waals surface area contributed by atoms with E-state index >= 15 is 0 Å². The average molecular weight is 272 g/mol. The van der Waals surface area contributed by atoms with Gasteiger partial charge in [-0.3, -0.25) is 4.21 Å². The zero-order valence-electron chi connectivity index (χ0n) is 10.5. The molecular weight excluding hydrogens is 258 g/mol. The fourth-order valence-corrected chi connectivity index (χ4v) is 1.96. The normalized spacial score (nSPS) is 12.5. The van der Waals surface area contributed by atoms with Gasteiger partial charge < -0.3 is 9.27 Å². The van der Waals surface area contributed by atoms with E-state index in [0.29, 0.717) is 5.69 Å². The Morgan fingerprint density at radius 3 is 1.89 bits per heavy atom. The summed E-state index contributed by atoms with van der Waals surface area (Å²) in [4.78, 5) is 0. The second kappa shape index (κ2) is 6.31. The number of hydrogen-bond acceptors (Lipinski definition) is 2. The van der Waals surface area contributed by atoms with Crippen LogP contribution in [0.15, 0.2) is 48.5 Å². The highest BCUT2D eigenvalue weighted by Crippen LogP contribution is 2.13. The van der Waals surface area contributed by atoms with Crippen molar-refractivity contribution in [1.29, 1.82) is 0 Å². The third kappa shape index (κ3) is 4.35. The summed E-state index contributed by atoms with van der Waals surface area (Å²) in [6.07, 6.45) is 4.01. The molecule has 0 aliphatic heterocycles. The lowest BCUT2D eigenvalue weighted by Gasteiger charge is -2.08. The highest BCUT2D eigenvalue weighted by atomic mass is 32.2. The molecule has 0 saturated carbocycles. The van der Waals surface area contributed by atoms with Crippen LogP contribution in [0, 0.1) is 6.92 Å². The van der Waals surface area contributed by atoms with Gasteiger partial charge in [0.15, 0.2) is 0 Å². The van der Waals surface area contributed by atoms with Crippen molar-refractivity contribution in [3.63, 3.8) is 0 Å². The third-order valence-corrected chi connectivity index (χ3v) is 3.06. The van der Waals surface area contributed by atoms with Crippen molar-refractivity contribution >= 4 is 29.1 Å². The molecule has 1 N–H and O–H groups in total. The van der Waals surface area contributed by atoms with Crippen molar-refractivity contribution < 1.29 is 8.76 Å². The van der Waals surface area contributed by atoms with E-state index in [1.807, 2.05) is 24.3 Å². The summed E-state index contributed by atoms with van der Waals surface area (Å²) in [5.41, 5.74) is 3.94. The molecule has 0 aliphatic rings. The van der Waals surface area contributed by atoms with Crippen molar-refractivity contribution in [3.05, 3.63) is 65.2 Å². The molecule has 0 spiro atoms. The molecule has 0 saturated heterocycles. The van der Waals surface area contributed by atoms with Gasteiger partial charge in [0.2, 0.25) is 0 Å². The van der Waals surface area contributed by atoms with Gasteiger partial charge in [-0.25, -0.2) is 0 Å². The van der Waals surface area contributed by atoms with E-state index in [2.05, 4.69) is 35.9 Å². The van der Waals surface area contributed by atoms with Gasteiger partial charge in [0, 0.05) is 17.0 Å². The quantitative estimate of drug-likeness (QED) is 0.685. The molecule has 0 bridgehead atoms. The van der Waals surface area contributed by atoms with Crippen LogP contribution in [-0.4, -0.2) is 8.76 Å². The van der Waals surface area contributed by atoms with E-state index < -0.39 is 11.3 Å². The minimum Gasteiger partial charge on any atom is -0.755 e. The second-order valence-electron chi connectivity index (χ2n) is 4.20. The minimum atomic E-state index is -2.28. The fraction of sp³-hybridized carbons (Fsp3) is 0.0667. The van der Waals surface area contributed by atoms with Crippen molar-refractivity contribution in [3.8, 4) is 0 Å². The standard InChI is InChI=1S/C15H15NO2S/c1-12-2-4-13(5-3-12)6-7-14-8-10-15(11-9-14)16-19(17)18/h2-11,16H,1H3,(H,17,18)/p-1. The average Bonchev–Trinajstić information content (AvgIpc) is 2.39. The molecule has 0 aromatic heterocycles. The number of anilines is 1. The van der Waals surface area contributed by atoms with Crippen LogP contribution in [0.5, 0.6) is 0 Å². The molecule has 0 radical (unpaired) electrons. The van der Waals surface area contributed by atoms with E-state index in [-0.39, 0.29) is 0 Å². The Morgan fingerprint density at radius 1 is 0.947 bits per heavy atom. The van der Waals surface area contributed by atoms with Gasteiger partial charge in [0.05, 0.1) is 0 Å². The van der Waals surface area contributed by atoms with Gasteiger partial charge in [-0.15, -0.1) is 0 Å². The van der Waals surface area contributed by atoms with E-state index in [1.54, 1.807) is 12.1 Å². The maximum atomic E-state index is 10.5. The highest BCUT2D eigenvalue weighted by Gasteiger charge is 1.92. The van der Waals surface area contributed by atoms with Crippen LogP contribution in [-0.2, 0) is 11.3 Å². The highest BCUT2D eigenvalue weighted by molar-refractivity contribution is 7.80. The molecule has 19 heavy (non-hydrogen) atoms. The summed E-state index contributed by atoms with van der Waals surface area (Å²) in [6.45, 7) is 2.05. The van der Waals surface area contributed by atoms with Crippen LogP contribution >= 0.6 is 0 Å². The predicted octanol–water partition coefficient (Wildman–Crippen LogP) is 3.37.